The van der Waals surface area contributed by atoms with E-state index in [1.807, 2.05) is 0 Å². The van der Waals surface area contributed by atoms with Crippen LogP contribution in [0.1, 0.15) is 0 Å². The van der Waals surface area contributed by atoms with E-state index in [1.54, 1.807) is 0 Å². The molecule has 0 saturated carbocycles. The zero-order chi connectivity index (χ0) is 12.7. The van der Waals surface area contributed by atoms with Crippen LogP contribution in [0.2, 0.25) is 10.0 Å². The molecule has 0 aromatic heterocycles. The van der Waals surface area contributed by atoms with Crippen LogP contribution in [0.25, 0.3) is 0 Å². The molecule has 0 radical (unpaired) electrons. The minimum Gasteiger partial charge on any atom is -0.207 e. The van der Waals surface area contributed by atoms with Crippen molar-refractivity contribution in [3.63, 3.8) is 0 Å². The first-order valence-electron chi connectivity index (χ1n) is 3.42. The summed E-state index contributed by atoms with van der Waals surface area (Å²) in [7, 11) is 1.74. The standard InChI is InChI=1S/C6H2Cl4O4S2/c7-3-1-4(8)6(16(10,13)14)2-5(3)15(9,11)12/h1-2H. The molecule has 0 aliphatic carbocycles. The Morgan fingerprint density at radius 2 is 1.06 bits per heavy atom. The van der Waals surface area contributed by atoms with E-state index in [4.69, 9.17) is 44.6 Å². The minimum atomic E-state index is -4.17. The predicted octanol–water partition coefficient (Wildman–Crippen LogP) is 2.85. The summed E-state index contributed by atoms with van der Waals surface area (Å²) < 4.78 is 44.2. The van der Waals surface area contributed by atoms with Gasteiger partial charge < -0.3 is 0 Å². The Hall–Kier alpha value is 0.280. The lowest BCUT2D eigenvalue weighted by Gasteiger charge is -2.04. The normalized spacial score (nSPS) is 12.8. The van der Waals surface area contributed by atoms with Crippen molar-refractivity contribution >= 4 is 62.7 Å². The van der Waals surface area contributed by atoms with Gasteiger partial charge in [-0.3, -0.25) is 0 Å². The van der Waals surface area contributed by atoms with Gasteiger partial charge in [0.25, 0.3) is 18.1 Å². The third kappa shape index (κ3) is 3.15. The lowest BCUT2D eigenvalue weighted by molar-refractivity contribution is 0.608. The maximum atomic E-state index is 11.0. The molecular formula is C6H2Cl4O4S2. The van der Waals surface area contributed by atoms with Crippen LogP contribution < -0.4 is 0 Å². The zero-order valence-corrected chi connectivity index (χ0v) is 11.8. The van der Waals surface area contributed by atoms with Gasteiger partial charge in [0.1, 0.15) is 9.79 Å². The van der Waals surface area contributed by atoms with Gasteiger partial charge in [-0.2, -0.15) is 0 Å². The molecule has 0 fully saturated rings. The molecule has 0 spiro atoms. The average molecular weight is 344 g/mol. The molecule has 0 bridgehead atoms. The Kier molecular flexibility index (Phi) is 4.04. The molecule has 1 aromatic carbocycles. The Bertz CT molecular complexity index is 581. The zero-order valence-electron chi connectivity index (χ0n) is 7.12. The molecule has 16 heavy (non-hydrogen) atoms. The van der Waals surface area contributed by atoms with Crippen LogP contribution in [-0.4, -0.2) is 16.8 Å². The molecule has 0 atom stereocenters. The fraction of sp³-hybridized carbons (Fsp3) is 0. The van der Waals surface area contributed by atoms with E-state index in [1.165, 1.54) is 0 Å². The molecular weight excluding hydrogens is 342 g/mol. The highest BCUT2D eigenvalue weighted by molar-refractivity contribution is 8.14. The van der Waals surface area contributed by atoms with Gasteiger partial charge in [-0.15, -0.1) is 0 Å². The van der Waals surface area contributed by atoms with Crippen molar-refractivity contribution < 1.29 is 16.8 Å². The van der Waals surface area contributed by atoms with E-state index in [9.17, 15) is 16.8 Å². The van der Waals surface area contributed by atoms with E-state index in [2.05, 4.69) is 0 Å². The maximum absolute atomic E-state index is 11.0. The third-order valence-corrected chi connectivity index (χ3v) is 5.08. The molecule has 0 amide bonds. The molecule has 10 heteroatoms. The molecule has 0 N–H and O–H groups in total. The summed E-state index contributed by atoms with van der Waals surface area (Å²) in [6.45, 7) is 0. The van der Waals surface area contributed by atoms with Crippen molar-refractivity contribution in [1.29, 1.82) is 0 Å². The SMILES string of the molecule is O=S(=O)(Cl)c1cc(S(=O)(=O)Cl)c(Cl)cc1Cl. The number of benzene rings is 1. The molecule has 90 valence electrons. The highest BCUT2D eigenvalue weighted by Gasteiger charge is 2.23. The van der Waals surface area contributed by atoms with Gasteiger partial charge in [-0.25, -0.2) is 16.8 Å². The Morgan fingerprint density at radius 3 is 1.31 bits per heavy atom. The van der Waals surface area contributed by atoms with Crippen LogP contribution >= 0.6 is 44.6 Å². The largest absolute Gasteiger partial charge is 0.262 e. The van der Waals surface area contributed by atoms with Gasteiger partial charge in [-0.1, -0.05) is 23.2 Å². The van der Waals surface area contributed by atoms with Gasteiger partial charge in [0, 0.05) is 21.4 Å². The second kappa shape index (κ2) is 4.51. The van der Waals surface area contributed by atoms with Crippen LogP contribution in [0.4, 0.5) is 0 Å². The highest BCUT2D eigenvalue weighted by atomic mass is 35.7. The van der Waals surface area contributed by atoms with Crippen molar-refractivity contribution in [2.75, 3.05) is 0 Å². The fourth-order valence-corrected chi connectivity index (χ4v) is 4.06. The van der Waals surface area contributed by atoms with Crippen LogP contribution in [-0.2, 0) is 18.1 Å². The van der Waals surface area contributed by atoms with E-state index >= 15 is 0 Å². The molecule has 0 saturated heterocycles. The van der Waals surface area contributed by atoms with Crippen LogP contribution in [0.5, 0.6) is 0 Å². The number of hydrogen-bond donors (Lipinski definition) is 0. The van der Waals surface area contributed by atoms with E-state index < -0.39 is 27.9 Å². The highest BCUT2D eigenvalue weighted by Crippen LogP contribution is 2.34. The summed E-state index contributed by atoms with van der Waals surface area (Å²) in [5.74, 6) is 0. The van der Waals surface area contributed by atoms with Gasteiger partial charge in [0.2, 0.25) is 0 Å². The summed E-state index contributed by atoms with van der Waals surface area (Å²) in [6, 6.07) is 1.64. The molecule has 1 aromatic rings. The molecule has 0 unspecified atom stereocenters. The number of hydrogen-bond acceptors (Lipinski definition) is 4. The van der Waals surface area contributed by atoms with E-state index in [0.717, 1.165) is 6.07 Å². The van der Waals surface area contributed by atoms with Crippen LogP contribution in [0, 0.1) is 0 Å². The van der Waals surface area contributed by atoms with Crippen molar-refractivity contribution in [3.05, 3.63) is 22.2 Å². The number of halogens is 4. The number of rotatable bonds is 2. The van der Waals surface area contributed by atoms with Crippen LogP contribution in [0.15, 0.2) is 21.9 Å². The molecule has 4 nitrogen and oxygen atoms in total. The maximum Gasteiger partial charge on any atom is 0.262 e. The molecule has 0 heterocycles. The van der Waals surface area contributed by atoms with Crippen molar-refractivity contribution in [2.45, 2.75) is 9.79 Å². The Labute approximate surface area is 111 Å². The molecule has 0 aliphatic rings. The smallest absolute Gasteiger partial charge is 0.207 e. The Balaban J connectivity index is 3.72. The van der Waals surface area contributed by atoms with Gasteiger partial charge in [0.05, 0.1) is 10.0 Å². The lowest BCUT2D eigenvalue weighted by Crippen LogP contribution is -1.98. The quantitative estimate of drug-likeness (QED) is 0.774. The predicted molar refractivity (Wildman–Crippen MR) is 62.5 cm³/mol. The average Bonchev–Trinajstić information content (AvgIpc) is 1.97. The second-order valence-corrected chi connectivity index (χ2v) is 8.47. The summed E-state index contributed by atoms with van der Waals surface area (Å²) in [6.07, 6.45) is 0. The summed E-state index contributed by atoms with van der Waals surface area (Å²) in [5, 5.41) is -0.576. The molecule has 1 rings (SSSR count). The van der Waals surface area contributed by atoms with E-state index in [-0.39, 0.29) is 10.0 Å². The minimum absolute atomic E-state index is 0.288. The van der Waals surface area contributed by atoms with Gasteiger partial charge in [-0.05, 0) is 12.1 Å². The van der Waals surface area contributed by atoms with Crippen molar-refractivity contribution in [3.8, 4) is 0 Å². The Morgan fingerprint density at radius 1 is 0.750 bits per heavy atom. The monoisotopic (exact) mass is 342 g/mol. The lowest BCUT2D eigenvalue weighted by atomic mass is 10.4. The van der Waals surface area contributed by atoms with Crippen LogP contribution in [0.3, 0.4) is 0 Å². The summed E-state index contributed by atoms with van der Waals surface area (Å²) >= 11 is 11.1. The summed E-state index contributed by atoms with van der Waals surface area (Å²) in [4.78, 5) is -1.14. The van der Waals surface area contributed by atoms with Crippen molar-refractivity contribution in [1.82, 2.24) is 0 Å². The molecule has 0 aliphatic heterocycles. The third-order valence-electron chi connectivity index (χ3n) is 1.51. The van der Waals surface area contributed by atoms with Gasteiger partial charge in [0.15, 0.2) is 0 Å². The first-order chi connectivity index (χ1) is 7.03. The van der Waals surface area contributed by atoms with Gasteiger partial charge >= 0.3 is 0 Å². The first-order valence-corrected chi connectivity index (χ1v) is 8.79. The van der Waals surface area contributed by atoms with Crippen molar-refractivity contribution in [2.24, 2.45) is 0 Å². The van der Waals surface area contributed by atoms with E-state index in [0.29, 0.717) is 6.07 Å². The second-order valence-electron chi connectivity index (χ2n) is 2.59. The summed E-state index contributed by atoms with van der Waals surface area (Å²) in [5.41, 5.74) is 0. The fourth-order valence-electron chi connectivity index (χ4n) is 0.884. The first kappa shape index (κ1) is 14.3. The topological polar surface area (TPSA) is 68.3 Å².